The predicted octanol–water partition coefficient (Wildman–Crippen LogP) is 3.02. The van der Waals surface area contributed by atoms with E-state index in [0.717, 1.165) is 25.2 Å². The van der Waals surface area contributed by atoms with Crippen LogP contribution in [0.25, 0.3) is 0 Å². The van der Waals surface area contributed by atoms with Gasteiger partial charge in [-0.05, 0) is 20.0 Å². The maximum absolute atomic E-state index is 13.7. The van der Waals surface area contributed by atoms with Gasteiger partial charge in [0, 0.05) is 12.6 Å². The van der Waals surface area contributed by atoms with Crippen LogP contribution in [0.4, 0.5) is 20.2 Å². The highest BCUT2D eigenvalue weighted by Gasteiger charge is 2.18. The first-order valence-corrected chi connectivity index (χ1v) is 6.51. The monoisotopic (exact) mass is 287 g/mol. The van der Waals surface area contributed by atoms with Crippen molar-refractivity contribution in [2.45, 2.75) is 26.8 Å². The van der Waals surface area contributed by atoms with Crippen molar-refractivity contribution in [2.75, 3.05) is 25.0 Å². The summed E-state index contributed by atoms with van der Waals surface area (Å²) in [6, 6.07) is 1.26. The molecule has 0 aliphatic rings. The smallest absolute Gasteiger partial charge is 0.275 e. The molecule has 20 heavy (non-hydrogen) atoms. The van der Waals surface area contributed by atoms with Gasteiger partial charge in [-0.1, -0.05) is 13.8 Å². The molecule has 1 aromatic rings. The second-order valence-electron chi connectivity index (χ2n) is 4.57. The molecule has 0 radical (unpaired) electrons. The van der Waals surface area contributed by atoms with Gasteiger partial charge in [0.1, 0.15) is 5.69 Å². The Bertz CT molecular complexity index is 456. The van der Waals surface area contributed by atoms with Crippen molar-refractivity contribution >= 4 is 11.4 Å². The fraction of sp³-hybridized carbons (Fsp3) is 0.538. The Hall–Kier alpha value is -1.76. The van der Waals surface area contributed by atoms with Crippen LogP contribution in [-0.4, -0.2) is 35.5 Å². The lowest BCUT2D eigenvalue weighted by Gasteiger charge is -2.24. The molecule has 1 atom stereocenters. The Morgan fingerprint density at radius 3 is 2.20 bits per heavy atom. The summed E-state index contributed by atoms with van der Waals surface area (Å²) in [5, 5.41) is 13.2. The normalized spacial score (nSPS) is 12.5. The largest absolute Gasteiger partial charge is 0.377 e. The predicted molar refractivity (Wildman–Crippen MR) is 73.9 cm³/mol. The summed E-state index contributed by atoms with van der Waals surface area (Å²) in [6.07, 6.45) is 0. The van der Waals surface area contributed by atoms with Crippen molar-refractivity contribution in [2.24, 2.45) is 0 Å². The third-order valence-electron chi connectivity index (χ3n) is 3.05. The molecule has 0 spiro atoms. The number of anilines is 1. The van der Waals surface area contributed by atoms with Gasteiger partial charge in [-0.25, -0.2) is 8.78 Å². The Morgan fingerprint density at radius 2 is 1.80 bits per heavy atom. The molecule has 0 saturated carbocycles. The van der Waals surface area contributed by atoms with Gasteiger partial charge in [-0.2, -0.15) is 0 Å². The van der Waals surface area contributed by atoms with Crippen LogP contribution in [0.3, 0.4) is 0 Å². The molecule has 1 unspecified atom stereocenters. The molecule has 0 aliphatic heterocycles. The molecule has 0 saturated heterocycles. The third-order valence-corrected chi connectivity index (χ3v) is 3.05. The number of nitrogens with zero attached hydrogens (tertiary/aromatic N) is 2. The Morgan fingerprint density at radius 1 is 1.30 bits per heavy atom. The van der Waals surface area contributed by atoms with E-state index in [1.54, 1.807) is 6.92 Å². The highest BCUT2D eigenvalue weighted by molar-refractivity contribution is 5.52. The van der Waals surface area contributed by atoms with Crippen molar-refractivity contribution in [3.8, 4) is 0 Å². The van der Waals surface area contributed by atoms with E-state index in [1.165, 1.54) is 0 Å². The second-order valence-corrected chi connectivity index (χ2v) is 4.57. The van der Waals surface area contributed by atoms with Gasteiger partial charge in [-0.15, -0.1) is 0 Å². The molecule has 112 valence electrons. The number of nitro benzene ring substituents is 1. The first-order valence-electron chi connectivity index (χ1n) is 6.51. The molecule has 7 heteroatoms. The van der Waals surface area contributed by atoms with Crippen molar-refractivity contribution < 1.29 is 13.7 Å². The molecule has 0 aromatic heterocycles. The first kappa shape index (κ1) is 16.3. The van der Waals surface area contributed by atoms with Crippen LogP contribution in [0.1, 0.15) is 20.8 Å². The summed E-state index contributed by atoms with van der Waals surface area (Å²) in [6.45, 7) is 8.12. The topological polar surface area (TPSA) is 58.4 Å². The van der Waals surface area contributed by atoms with E-state index in [-0.39, 0.29) is 11.7 Å². The van der Waals surface area contributed by atoms with Gasteiger partial charge >= 0.3 is 0 Å². The minimum atomic E-state index is -0.955. The molecule has 1 aromatic carbocycles. The number of benzene rings is 1. The highest BCUT2D eigenvalue weighted by Crippen LogP contribution is 2.25. The number of nitro groups is 1. The Balaban J connectivity index is 2.85. The average molecular weight is 287 g/mol. The van der Waals surface area contributed by atoms with Crippen LogP contribution < -0.4 is 5.32 Å². The van der Waals surface area contributed by atoms with E-state index in [9.17, 15) is 18.9 Å². The zero-order valence-corrected chi connectivity index (χ0v) is 11.8. The minimum Gasteiger partial charge on any atom is -0.377 e. The van der Waals surface area contributed by atoms with E-state index >= 15 is 0 Å². The molecule has 0 aliphatic carbocycles. The molecule has 0 bridgehead atoms. The molecular weight excluding hydrogens is 268 g/mol. The number of hydrogen-bond acceptors (Lipinski definition) is 4. The Kier molecular flexibility index (Phi) is 5.82. The molecular formula is C13H19F2N3O2. The van der Waals surface area contributed by atoms with Gasteiger partial charge in [0.25, 0.3) is 5.69 Å². The minimum absolute atomic E-state index is 0.180. The van der Waals surface area contributed by atoms with Gasteiger partial charge in [0.05, 0.1) is 17.1 Å². The molecule has 1 rings (SSSR count). The van der Waals surface area contributed by atoms with Crippen molar-refractivity contribution in [3.05, 3.63) is 33.9 Å². The maximum atomic E-state index is 13.7. The Labute approximate surface area is 116 Å². The lowest BCUT2D eigenvalue weighted by Crippen LogP contribution is -2.35. The lowest BCUT2D eigenvalue weighted by atomic mass is 10.2. The number of nitrogens with one attached hydrogen (secondary N) is 1. The fourth-order valence-corrected chi connectivity index (χ4v) is 1.96. The van der Waals surface area contributed by atoms with Crippen LogP contribution in [-0.2, 0) is 0 Å². The highest BCUT2D eigenvalue weighted by atomic mass is 19.1. The summed E-state index contributed by atoms with van der Waals surface area (Å²) >= 11 is 0. The quantitative estimate of drug-likeness (QED) is 0.618. The van der Waals surface area contributed by atoms with Crippen LogP contribution in [0, 0.1) is 21.7 Å². The number of hydrogen-bond donors (Lipinski definition) is 1. The van der Waals surface area contributed by atoms with E-state index in [2.05, 4.69) is 10.2 Å². The molecule has 0 heterocycles. The summed E-state index contributed by atoms with van der Waals surface area (Å²) < 4.78 is 27.4. The molecule has 0 amide bonds. The summed E-state index contributed by atoms with van der Waals surface area (Å²) in [7, 11) is 0. The van der Waals surface area contributed by atoms with E-state index < -0.39 is 22.2 Å². The van der Waals surface area contributed by atoms with Crippen molar-refractivity contribution in [3.63, 3.8) is 0 Å². The number of rotatable bonds is 7. The zero-order valence-electron chi connectivity index (χ0n) is 11.8. The van der Waals surface area contributed by atoms with Gasteiger partial charge < -0.3 is 10.2 Å². The standard InChI is InChI=1S/C13H19F2N3O2/c1-4-17(5-2)8-9(3)16-13-11(14)6-10(18(19)20)7-12(13)15/h6-7,9,16H,4-5,8H2,1-3H3. The van der Waals surface area contributed by atoms with E-state index in [0.29, 0.717) is 6.54 Å². The van der Waals surface area contributed by atoms with Gasteiger partial charge in [-0.3, -0.25) is 10.1 Å². The number of halogens is 2. The molecule has 1 N–H and O–H groups in total. The third kappa shape index (κ3) is 4.12. The zero-order chi connectivity index (χ0) is 15.3. The van der Waals surface area contributed by atoms with E-state index in [4.69, 9.17) is 0 Å². The van der Waals surface area contributed by atoms with Crippen molar-refractivity contribution in [1.29, 1.82) is 0 Å². The van der Waals surface area contributed by atoms with Crippen LogP contribution in [0.15, 0.2) is 12.1 Å². The SMILES string of the molecule is CCN(CC)CC(C)Nc1c(F)cc([N+](=O)[O-])cc1F. The second kappa shape index (κ2) is 7.14. The first-order chi connectivity index (χ1) is 9.38. The van der Waals surface area contributed by atoms with Gasteiger partial charge in [0.2, 0.25) is 0 Å². The van der Waals surface area contributed by atoms with E-state index in [1.807, 2.05) is 13.8 Å². The summed E-state index contributed by atoms with van der Waals surface area (Å²) in [5.41, 5.74) is -0.919. The summed E-state index contributed by atoms with van der Waals surface area (Å²) in [4.78, 5) is 11.8. The van der Waals surface area contributed by atoms with Crippen molar-refractivity contribution in [1.82, 2.24) is 4.90 Å². The van der Waals surface area contributed by atoms with Crippen LogP contribution in [0.2, 0.25) is 0 Å². The average Bonchev–Trinajstić information content (AvgIpc) is 2.39. The fourth-order valence-electron chi connectivity index (χ4n) is 1.96. The van der Waals surface area contributed by atoms with Crippen LogP contribution in [0.5, 0.6) is 0 Å². The maximum Gasteiger partial charge on any atom is 0.275 e. The molecule has 0 fully saturated rings. The number of likely N-dealkylation sites (N-methyl/N-ethyl adjacent to an activating group) is 1. The number of non-ortho nitro benzene ring substituents is 1. The molecule has 5 nitrogen and oxygen atoms in total. The lowest BCUT2D eigenvalue weighted by molar-refractivity contribution is -0.385. The van der Waals surface area contributed by atoms with Crippen LogP contribution >= 0.6 is 0 Å². The van der Waals surface area contributed by atoms with Gasteiger partial charge in [0.15, 0.2) is 11.6 Å². The summed E-state index contributed by atoms with van der Waals surface area (Å²) in [5.74, 6) is -1.91.